The van der Waals surface area contributed by atoms with Crippen LogP contribution in [0, 0.1) is 11.3 Å². The maximum absolute atomic E-state index is 9.27. The fourth-order valence-electron chi connectivity index (χ4n) is 2.87. The first kappa shape index (κ1) is 13.7. The maximum Gasteiger partial charge on any atom is 0.175 e. The van der Waals surface area contributed by atoms with Crippen LogP contribution in [-0.2, 0) is 0 Å². The van der Waals surface area contributed by atoms with E-state index in [4.69, 9.17) is 0 Å². The van der Waals surface area contributed by atoms with E-state index >= 15 is 0 Å². The third-order valence-electron chi connectivity index (χ3n) is 4.04. The molecule has 23 heavy (non-hydrogen) atoms. The van der Waals surface area contributed by atoms with Gasteiger partial charge in [0.15, 0.2) is 5.65 Å². The SMILES string of the molecule is N#Cc1cnn2c(N[C@H]3CCCNC3)cc(-c3cn[nH]c3)nc12. The molecule has 4 heterocycles. The van der Waals surface area contributed by atoms with Gasteiger partial charge in [-0.05, 0) is 19.4 Å². The van der Waals surface area contributed by atoms with E-state index in [1.54, 1.807) is 23.1 Å². The minimum absolute atomic E-state index is 0.335. The molecule has 1 saturated heterocycles. The molecule has 0 aliphatic carbocycles. The summed E-state index contributed by atoms with van der Waals surface area (Å²) in [5, 5.41) is 27.2. The Morgan fingerprint density at radius 1 is 1.39 bits per heavy atom. The van der Waals surface area contributed by atoms with Gasteiger partial charge in [-0.3, -0.25) is 5.10 Å². The topological polar surface area (TPSA) is 107 Å². The van der Waals surface area contributed by atoms with E-state index in [9.17, 15) is 5.26 Å². The van der Waals surface area contributed by atoms with Crippen molar-refractivity contribution < 1.29 is 0 Å². The summed E-state index contributed by atoms with van der Waals surface area (Å²) in [6.07, 6.45) is 7.29. The lowest BCUT2D eigenvalue weighted by molar-refractivity contribution is 0.478. The average Bonchev–Trinajstić information content (AvgIpc) is 3.25. The van der Waals surface area contributed by atoms with Gasteiger partial charge in [0.2, 0.25) is 0 Å². The number of hydrogen-bond acceptors (Lipinski definition) is 6. The molecule has 1 aliphatic heterocycles. The Morgan fingerprint density at radius 2 is 2.35 bits per heavy atom. The summed E-state index contributed by atoms with van der Waals surface area (Å²) < 4.78 is 1.69. The smallest absolute Gasteiger partial charge is 0.175 e. The Kier molecular flexibility index (Phi) is 3.40. The quantitative estimate of drug-likeness (QED) is 0.670. The Labute approximate surface area is 132 Å². The Balaban J connectivity index is 1.80. The van der Waals surface area contributed by atoms with Crippen molar-refractivity contribution in [2.75, 3.05) is 18.4 Å². The van der Waals surface area contributed by atoms with Crippen molar-refractivity contribution in [2.24, 2.45) is 0 Å². The predicted octanol–water partition coefficient (Wildman–Crippen LogP) is 1.15. The molecule has 116 valence electrons. The highest BCUT2D eigenvalue weighted by atomic mass is 15.3. The van der Waals surface area contributed by atoms with Crippen LogP contribution in [0.1, 0.15) is 18.4 Å². The second-order valence-electron chi connectivity index (χ2n) is 5.61. The van der Waals surface area contributed by atoms with Gasteiger partial charge in [-0.25, -0.2) is 4.98 Å². The lowest BCUT2D eigenvalue weighted by Gasteiger charge is -2.25. The number of piperidine rings is 1. The minimum Gasteiger partial charge on any atom is -0.366 e. The van der Waals surface area contributed by atoms with Crippen molar-refractivity contribution in [3.8, 4) is 17.3 Å². The van der Waals surface area contributed by atoms with Gasteiger partial charge in [-0.1, -0.05) is 0 Å². The van der Waals surface area contributed by atoms with Crippen molar-refractivity contribution in [3.63, 3.8) is 0 Å². The van der Waals surface area contributed by atoms with Crippen LogP contribution in [0.2, 0.25) is 0 Å². The summed E-state index contributed by atoms with van der Waals surface area (Å²) in [5.74, 6) is 0.835. The molecule has 1 atom stereocenters. The van der Waals surface area contributed by atoms with Crippen molar-refractivity contribution in [3.05, 3.63) is 30.2 Å². The molecule has 3 aromatic rings. The van der Waals surface area contributed by atoms with Crippen molar-refractivity contribution in [2.45, 2.75) is 18.9 Å². The maximum atomic E-state index is 9.27. The number of anilines is 1. The monoisotopic (exact) mass is 308 g/mol. The van der Waals surface area contributed by atoms with E-state index in [0.29, 0.717) is 17.3 Å². The zero-order chi connectivity index (χ0) is 15.6. The molecule has 1 aliphatic rings. The molecular formula is C15H16N8. The van der Waals surface area contributed by atoms with E-state index in [1.807, 2.05) is 6.07 Å². The number of rotatable bonds is 3. The Bertz CT molecular complexity index is 852. The largest absolute Gasteiger partial charge is 0.366 e. The molecule has 1 fully saturated rings. The fourth-order valence-corrected chi connectivity index (χ4v) is 2.87. The normalized spacial score (nSPS) is 18.0. The van der Waals surface area contributed by atoms with Crippen LogP contribution in [-0.4, -0.2) is 43.9 Å². The molecule has 0 spiro atoms. The number of hydrogen-bond donors (Lipinski definition) is 3. The molecule has 8 nitrogen and oxygen atoms in total. The number of nitrogens with zero attached hydrogens (tertiary/aromatic N) is 5. The zero-order valence-corrected chi connectivity index (χ0v) is 12.5. The van der Waals surface area contributed by atoms with Gasteiger partial charge < -0.3 is 10.6 Å². The van der Waals surface area contributed by atoms with Gasteiger partial charge >= 0.3 is 0 Å². The van der Waals surface area contributed by atoms with Crippen LogP contribution in [0.4, 0.5) is 5.82 Å². The molecule has 8 heteroatoms. The van der Waals surface area contributed by atoms with E-state index in [2.05, 4.69) is 37.0 Å². The third kappa shape index (κ3) is 2.51. The molecule has 3 N–H and O–H groups in total. The van der Waals surface area contributed by atoms with Crippen LogP contribution in [0.15, 0.2) is 24.7 Å². The summed E-state index contributed by atoms with van der Waals surface area (Å²) in [4.78, 5) is 4.56. The van der Waals surface area contributed by atoms with Crippen molar-refractivity contribution in [1.82, 2.24) is 30.1 Å². The summed E-state index contributed by atoms with van der Waals surface area (Å²) in [6.45, 7) is 1.97. The van der Waals surface area contributed by atoms with E-state index in [1.165, 1.54) is 0 Å². The zero-order valence-electron chi connectivity index (χ0n) is 12.5. The lowest BCUT2D eigenvalue weighted by atomic mass is 10.1. The number of aromatic nitrogens is 5. The molecular weight excluding hydrogens is 292 g/mol. The minimum atomic E-state index is 0.335. The standard InChI is InChI=1S/C15H16N8/c16-5-10-8-20-23-14(21-12-2-1-3-17-9-12)4-13(22-15(10)23)11-6-18-19-7-11/h4,6-8,12,17,21H,1-3,9H2,(H,18,19)/t12-/m0/s1. The van der Waals surface area contributed by atoms with Crippen LogP contribution >= 0.6 is 0 Å². The Hall–Kier alpha value is -2.92. The number of fused-ring (bicyclic) bond motifs is 1. The van der Waals surface area contributed by atoms with Crippen LogP contribution in [0.25, 0.3) is 16.9 Å². The van der Waals surface area contributed by atoms with Crippen molar-refractivity contribution in [1.29, 1.82) is 5.26 Å². The highest BCUT2D eigenvalue weighted by Gasteiger charge is 2.17. The first-order chi connectivity index (χ1) is 11.3. The predicted molar refractivity (Wildman–Crippen MR) is 84.8 cm³/mol. The van der Waals surface area contributed by atoms with E-state index in [-0.39, 0.29) is 0 Å². The van der Waals surface area contributed by atoms with Crippen LogP contribution in [0.5, 0.6) is 0 Å². The molecule has 0 radical (unpaired) electrons. The summed E-state index contributed by atoms with van der Waals surface area (Å²) in [5.41, 5.74) is 2.65. The molecule has 0 amide bonds. The first-order valence-electron chi connectivity index (χ1n) is 7.60. The highest BCUT2D eigenvalue weighted by molar-refractivity contribution is 5.68. The molecule has 0 bridgehead atoms. The second-order valence-corrected chi connectivity index (χ2v) is 5.61. The van der Waals surface area contributed by atoms with Crippen LogP contribution in [0.3, 0.4) is 0 Å². The number of H-pyrrole nitrogens is 1. The summed E-state index contributed by atoms with van der Waals surface area (Å²) in [6, 6.07) is 4.42. The Morgan fingerprint density at radius 3 is 3.09 bits per heavy atom. The van der Waals surface area contributed by atoms with Gasteiger partial charge in [0.25, 0.3) is 0 Å². The summed E-state index contributed by atoms with van der Waals surface area (Å²) >= 11 is 0. The third-order valence-corrected chi connectivity index (χ3v) is 4.04. The number of nitriles is 1. The van der Waals surface area contributed by atoms with Gasteiger partial charge in [-0.2, -0.15) is 20.0 Å². The van der Waals surface area contributed by atoms with Gasteiger partial charge in [-0.15, -0.1) is 0 Å². The molecule has 0 aromatic carbocycles. The average molecular weight is 308 g/mol. The van der Waals surface area contributed by atoms with E-state index in [0.717, 1.165) is 43.0 Å². The summed E-state index contributed by atoms with van der Waals surface area (Å²) in [7, 11) is 0. The van der Waals surface area contributed by atoms with Crippen molar-refractivity contribution >= 4 is 11.5 Å². The molecule has 0 saturated carbocycles. The second kappa shape index (κ2) is 5.70. The molecule has 3 aromatic heterocycles. The number of aromatic amines is 1. The highest BCUT2D eigenvalue weighted by Crippen LogP contribution is 2.23. The number of nitrogens with one attached hydrogen (secondary N) is 3. The fraction of sp³-hybridized carbons (Fsp3) is 0.333. The first-order valence-corrected chi connectivity index (χ1v) is 7.60. The van der Waals surface area contributed by atoms with E-state index < -0.39 is 0 Å². The van der Waals surface area contributed by atoms with Gasteiger partial charge in [0, 0.05) is 30.4 Å². The van der Waals surface area contributed by atoms with Crippen LogP contribution < -0.4 is 10.6 Å². The van der Waals surface area contributed by atoms with Gasteiger partial charge in [0.1, 0.15) is 17.5 Å². The molecule has 4 rings (SSSR count). The van der Waals surface area contributed by atoms with Gasteiger partial charge in [0.05, 0.1) is 18.1 Å². The lowest BCUT2D eigenvalue weighted by Crippen LogP contribution is -2.38. The molecule has 0 unspecified atom stereocenters.